The van der Waals surface area contributed by atoms with Crippen LogP contribution in [-0.4, -0.2) is 75.9 Å². The van der Waals surface area contributed by atoms with Crippen LogP contribution >= 0.6 is 0 Å². The van der Waals surface area contributed by atoms with E-state index in [2.05, 4.69) is 22.0 Å². The van der Waals surface area contributed by atoms with Crippen LogP contribution in [-0.2, 0) is 4.74 Å². The maximum atomic E-state index is 4.99. The van der Waals surface area contributed by atoms with Crippen LogP contribution in [0.4, 0.5) is 0 Å². The van der Waals surface area contributed by atoms with E-state index in [1.165, 1.54) is 52.1 Å². The monoisotopic (exact) mass is 243 g/mol. The Morgan fingerprint density at radius 1 is 1.00 bits per heavy atom. The molecule has 1 saturated heterocycles. The maximum Gasteiger partial charge on any atom is 0.0587 e. The van der Waals surface area contributed by atoms with Gasteiger partial charge in [0.1, 0.15) is 0 Å². The van der Waals surface area contributed by atoms with Gasteiger partial charge in [0.2, 0.25) is 0 Å². The molecule has 0 saturated carbocycles. The number of piperazine rings is 1. The van der Waals surface area contributed by atoms with E-state index in [1.54, 1.807) is 7.11 Å². The van der Waals surface area contributed by atoms with Crippen LogP contribution in [0.3, 0.4) is 0 Å². The van der Waals surface area contributed by atoms with Crippen LogP contribution in [0.1, 0.15) is 19.8 Å². The van der Waals surface area contributed by atoms with Crippen LogP contribution in [0.15, 0.2) is 0 Å². The molecule has 1 aliphatic heterocycles. The molecule has 0 amide bonds. The van der Waals surface area contributed by atoms with E-state index in [0.717, 1.165) is 19.7 Å². The van der Waals surface area contributed by atoms with Gasteiger partial charge in [-0.15, -0.1) is 0 Å². The molecule has 0 aromatic rings. The minimum Gasteiger partial charge on any atom is -0.383 e. The predicted octanol–water partition coefficient (Wildman–Crippen LogP) is 0.640. The second-order valence-corrected chi connectivity index (χ2v) is 4.78. The lowest BCUT2D eigenvalue weighted by molar-refractivity contribution is 0.131. The van der Waals surface area contributed by atoms with Gasteiger partial charge in [-0.2, -0.15) is 0 Å². The first-order chi connectivity index (χ1) is 8.36. The van der Waals surface area contributed by atoms with Gasteiger partial charge in [-0.1, -0.05) is 6.92 Å². The quantitative estimate of drug-likeness (QED) is 0.602. The van der Waals surface area contributed by atoms with Crippen LogP contribution in [0, 0.1) is 0 Å². The van der Waals surface area contributed by atoms with Crippen LogP contribution in [0.25, 0.3) is 0 Å². The molecule has 0 aromatic carbocycles. The SMILES string of the molecule is CCCN1CCN(CCCNCCOC)CC1. The van der Waals surface area contributed by atoms with Crippen molar-refractivity contribution in [3.8, 4) is 0 Å². The van der Waals surface area contributed by atoms with Crippen molar-refractivity contribution >= 4 is 0 Å². The highest BCUT2D eigenvalue weighted by atomic mass is 16.5. The molecule has 102 valence electrons. The van der Waals surface area contributed by atoms with Crippen molar-refractivity contribution in [2.75, 3.05) is 66.1 Å². The summed E-state index contributed by atoms with van der Waals surface area (Å²) in [6.45, 7) is 12.7. The molecule has 0 spiro atoms. The molecule has 0 bridgehead atoms. The summed E-state index contributed by atoms with van der Waals surface area (Å²) >= 11 is 0. The molecule has 1 rings (SSSR count). The molecule has 4 nitrogen and oxygen atoms in total. The molecule has 1 N–H and O–H groups in total. The van der Waals surface area contributed by atoms with Crippen molar-refractivity contribution in [3.63, 3.8) is 0 Å². The summed E-state index contributed by atoms with van der Waals surface area (Å²) in [4.78, 5) is 5.16. The number of ether oxygens (including phenoxy) is 1. The third-order valence-electron chi connectivity index (χ3n) is 3.32. The summed E-state index contributed by atoms with van der Waals surface area (Å²) in [5, 5.41) is 3.39. The zero-order valence-electron chi connectivity index (χ0n) is 11.6. The van der Waals surface area contributed by atoms with Gasteiger partial charge in [-0.25, -0.2) is 0 Å². The fourth-order valence-electron chi connectivity index (χ4n) is 2.28. The largest absolute Gasteiger partial charge is 0.383 e. The highest BCUT2D eigenvalue weighted by molar-refractivity contribution is 4.71. The smallest absolute Gasteiger partial charge is 0.0587 e. The highest BCUT2D eigenvalue weighted by Gasteiger charge is 2.14. The van der Waals surface area contributed by atoms with Gasteiger partial charge in [-0.05, 0) is 32.5 Å². The summed E-state index contributed by atoms with van der Waals surface area (Å²) in [5.41, 5.74) is 0. The Morgan fingerprint density at radius 2 is 1.65 bits per heavy atom. The summed E-state index contributed by atoms with van der Waals surface area (Å²) in [7, 11) is 1.75. The molecule has 1 aliphatic rings. The van der Waals surface area contributed by atoms with Crippen molar-refractivity contribution in [2.45, 2.75) is 19.8 Å². The molecular formula is C13H29N3O. The minimum absolute atomic E-state index is 0.815. The molecule has 17 heavy (non-hydrogen) atoms. The zero-order chi connectivity index (χ0) is 12.3. The van der Waals surface area contributed by atoms with Crippen molar-refractivity contribution < 1.29 is 4.74 Å². The first-order valence-corrected chi connectivity index (χ1v) is 7.01. The van der Waals surface area contributed by atoms with Gasteiger partial charge >= 0.3 is 0 Å². The fraction of sp³-hybridized carbons (Fsp3) is 1.00. The lowest BCUT2D eigenvalue weighted by atomic mass is 10.2. The van der Waals surface area contributed by atoms with Gasteiger partial charge < -0.3 is 19.9 Å². The number of hydrogen-bond donors (Lipinski definition) is 1. The third-order valence-corrected chi connectivity index (χ3v) is 3.32. The van der Waals surface area contributed by atoms with E-state index in [0.29, 0.717) is 0 Å². The highest BCUT2D eigenvalue weighted by Crippen LogP contribution is 2.02. The fourth-order valence-corrected chi connectivity index (χ4v) is 2.28. The molecule has 0 atom stereocenters. The van der Waals surface area contributed by atoms with Crippen molar-refractivity contribution in [1.82, 2.24) is 15.1 Å². The predicted molar refractivity (Wildman–Crippen MR) is 72.5 cm³/mol. The molecule has 0 aliphatic carbocycles. The van der Waals surface area contributed by atoms with Crippen LogP contribution in [0.2, 0.25) is 0 Å². The molecule has 1 fully saturated rings. The Bertz CT molecular complexity index is 170. The molecule has 0 unspecified atom stereocenters. The second-order valence-electron chi connectivity index (χ2n) is 4.78. The standard InChI is InChI=1S/C13H29N3O/c1-3-7-15-9-11-16(12-10-15)8-4-5-14-6-13-17-2/h14H,3-13H2,1-2H3. The van der Waals surface area contributed by atoms with E-state index < -0.39 is 0 Å². The number of nitrogens with zero attached hydrogens (tertiary/aromatic N) is 2. The molecule has 0 radical (unpaired) electrons. The van der Waals surface area contributed by atoms with Crippen molar-refractivity contribution in [2.24, 2.45) is 0 Å². The van der Waals surface area contributed by atoms with E-state index >= 15 is 0 Å². The first kappa shape index (κ1) is 14.9. The average molecular weight is 243 g/mol. The number of nitrogens with one attached hydrogen (secondary N) is 1. The minimum atomic E-state index is 0.815. The molecular weight excluding hydrogens is 214 g/mol. The lowest BCUT2D eigenvalue weighted by Crippen LogP contribution is -2.47. The van der Waals surface area contributed by atoms with Gasteiger partial charge in [0.15, 0.2) is 0 Å². The number of methoxy groups -OCH3 is 1. The molecule has 4 heteroatoms. The normalized spacial score (nSPS) is 18.7. The lowest BCUT2D eigenvalue weighted by Gasteiger charge is -2.34. The summed E-state index contributed by atoms with van der Waals surface area (Å²) in [6, 6.07) is 0. The Kier molecular flexibility index (Phi) is 8.61. The van der Waals surface area contributed by atoms with Crippen LogP contribution < -0.4 is 5.32 Å². The summed E-state index contributed by atoms with van der Waals surface area (Å²) in [6.07, 6.45) is 2.53. The third kappa shape index (κ3) is 6.99. The van der Waals surface area contributed by atoms with Crippen molar-refractivity contribution in [1.29, 1.82) is 0 Å². The Labute approximate surface area is 106 Å². The van der Waals surface area contributed by atoms with Crippen molar-refractivity contribution in [3.05, 3.63) is 0 Å². The molecule has 1 heterocycles. The molecule has 0 aromatic heterocycles. The van der Waals surface area contributed by atoms with Crippen LogP contribution in [0.5, 0.6) is 0 Å². The Balaban J connectivity index is 1.91. The van der Waals surface area contributed by atoms with E-state index in [4.69, 9.17) is 4.74 Å². The topological polar surface area (TPSA) is 27.7 Å². The number of rotatable bonds is 9. The Morgan fingerprint density at radius 3 is 2.24 bits per heavy atom. The van der Waals surface area contributed by atoms with Gasteiger partial charge in [0.25, 0.3) is 0 Å². The first-order valence-electron chi connectivity index (χ1n) is 7.01. The van der Waals surface area contributed by atoms with Gasteiger partial charge in [0, 0.05) is 39.8 Å². The summed E-state index contributed by atoms with van der Waals surface area (Å²) in [5.74, 6) is 0. The summed E-state index contributed by atoms with van der Waals surface area (Å²) < 4.78 is 4.99. The zero-order valence-corrected chi connectivity index (χ0v) is 11.6. The number of hydrogen-bond acceptors (Lipinski definition) is 4. The maximum absolute atomic E-state index is 4.99. The van der Waals surface area contributed by atoms with E-state index in [-0.39, 0.29) is 0 Å². The van der Waals surface area contributed by atoms with Gasteiger partial charge in [0.05, 0.1) is 6.61 Å². The van der Waals surface area contributed by atoms with E-state index in [9.17, 15) is 0 Å². The second kappa shape index (κ2) is 9.83. The van der Waals surface area contributed by atoms with E-state index in [1.807, 2.05) is 0 Å². The van der Waals surface area contributed by atoms with Gasteiger partial charge in [-0.3, -0.25) is 0 Å². The Hall–Kier alpha value is -0.160. The average Bonchev–Trinajstić information content (AvgIpc) is 2.36.